The summed E-state index contributed by atoms with van der Waals surface area (Å²) in [4.78, 5) is 11.0. The van der Waals surface area contributed by atoms with Crippen molar-refractivity contribution in [2.45, 2.75) is 17.1 Å². The quantitative estimate of drug-likeness (QED) is 0.517. The first-order chi connectivity index (χ1) is 6.56. The van der Waals surface area contributed by atoms with Crippen molar-refractivity contribution in [1.29, 1.82) is 0 Å². The fourth-order valence-electron chi connectivity index (χ4n) is 1.06. The smallest absolute Gasteiger partial charge is 0.147 e. The predicted octanol–water partition coefficient (Wildman–Crippen LogP) is 4.21. The third-order valence-electron chi connectivity index (χ3n) is 1.87. The van der Waals surface area contributed by atoms with E-state index in [0.29, 0.717) is 0 Å². The second kappa shape index (κ2) is 5.61. The molecule has 0 amide bonds. The summed E-state index contributed by atoms with van der Waals surface area (Å²) in [6.07, 6.45) is 0. The summed E-state index contributed by atoms with van der Waals surface area (Å²) < 4.78 is 1.18. The molecule has 1 aromatic carbocycles. The zero-order valence-corrected chi connectivity index (χ0v) is 12.9. The number of carbonyl (C=O) groups is 1. The number of benzene rings is 1. The lowest BCUT2D eigenvalue weighted by atomic mass is 10.1. The molecule has 0 fully saturated rings. The largest absolute Gasteiger partial charge is 0.298 e. The number of alkyl halides is 2. The molecule has 0 bridgehead atoms. The van der Waals surface area contributed by atoms with Crippen LogP contribution < -0.4 is 0 Å². The van der Waals surface area contributed by atoms with Crippen LogP contribution in [-0.4, -0.2) is 5.78 Å². The highest BCUT2D eigenvalue weighted by atomic mass is 127. The molecular formula is C10H9Br2IO. The molecule has 0 radical (unpaired) electrons. The molecule has 1 rings (SSSR count). The Kier molecular flexibility index (Phi) is 5.06. The van der Waals surface area contributed by atoms with Crippen LogP contribution in [-0.2, 0) is 10.1 Å². The van der Waals surface area contributed by atoms with Crippen LogP contribution in [0.25, 0.3) is 0 Å². The van der Waals surface area contributed by atoms with Crippen molar-refractivity contribution < 1.29 is 4.79 Å². The molecule has 76 valence electrons. The van der Waals surface area contributed by atoms with Gasteiger partial charge in [-0.2, -0.15) is 0 Å². The van der Waals surface area contributed by atoms with E-state index in [9.17, 15) is 4.79 Å². The van der Waals surface area contributed by atoms with Crippen molar-refractivity contribution in [3.63, 3.8) is 0 Å². The number of rotatable bonds is 3. The lowest BCUT2D eigenvalue weighted by Crippen LogP contribution is -2.01. The zero-order chi connectivity index (χ0) is 10.7. The average Bonchev–Trinajstić information content (AvgIpc) is 2.16. The topological polar surface area (TPSA) is 17.1 Å². The number of hydrogen-bond donors (Lipinski definition) is 0. The third-order valence-corrected chi connectivity index (χ3v) is 4.65. The van der Waals surface area contributed by atoms with Gasteiger partial charge in [-0.3, -0.25) is 4.79 Å². The SMILES string of the molecule is CC(=O)C(Br)c1ccc(CBr)c(I)c1. The Balaban J connectivity index is 3.02. The van der Waals surface area contributed by atoms with Crippen LogP contribution in [0.3, 0.4) is 0 Å². The minimum Gasteiger partial charge on any atom is -0.298 e. The van der Waals surface area contributed by atoms with E-state index in [-0.39, 0.29) is 10.6 Å². The summed E-state index contributed by atoms with van der Waals surface area (Å²) in [6.45, 7) is 1.59. The van der Waals surface area contributed by atoms with Gasteiger partial charge in [0.25, 0.3) is 0 Å². The molecule has 14 heavy (non-hydrogen) atoms. The molecule has 0 aliphatic carbocycles. The molecule has 0 saturated heterocycles. The van der Waals surface area contributed by atoms with E-state index in [1.165, 1.54) is 9.13 Å². The molecule has 0 spiro atoms. The number of carbonyl (C=O) groups excluding carboxylic acids is 1. The zero-order valence-electron chi connectivity index (χ0n) is 7.56. The highest BCUT2D eigenvalue weighted by Crippen LogP contribution is 2.27. The van der Waals surface area contributed by atoms with Gasteiger partial charge in [0.1, 0.15) is 5.78 Å². The standard InChI is InChI=1S/C10H9Br2IO/c1-6(14)10(12)7-2-3-8(5-11)9(13)4-7/h2-4,10H,5H2,1H3. The van der Waals surface area contributed by atoms with Gasteiger partial charge in [0, 0.05) is 8.90 Å². The summed E-state index contributed by atoms with van der Waals surface area (Å²) in [7, 11) is 0. The van der Waals surface area contributed by atoms with E-state index in [1.54, 1.807) is 6.92 Å². The first-order valence-corrected chi connectivity index (χ1v) is 7.16. The molecular weight excluding hydrogens is 423 g/mol. The summed E-state index contributed by atoms with van der Waals surface area (Å²) >= 11 is 9.06. The van der Waals surface area contributed by atoms with Gasteiger partial charge < -0.3 is 0 Å². The summed E-state index contributed by atoms with van der Waals surface area (Å²) in [5, 5.41) is 0.846. The first-order valence-electron chi connectivity index (χ1n) is 4.05. The van der Waals surface area contributed by atoms with Crippen molar-refractivity contribution in [2.75, 3.05) is 0 Å². The van der Waals surface area contributed by atoms with E-state index >= 15 is 0 Å². The van der Waals surface area contributed by atoms with Crippen LogP contribution in [0.4, 0.5) is 0 Å². The van der Waals surface area contributed by atoms with E-state index in [2.05, 4.69) is 54.5 Å². The van der Waals surface area contributed by atoms with Crippen LogP contribution in [0.5, 0.6) is 0 Å². The van der Waals surface area contributed by atoms with Crippen LogP contribution in [0, 0.1) is 3.57 Å². The minimum absolute atomic E-state index is 0.132. The molecule has 0 N–H and O–H groups in total. The molecule has 1 aromatic rings. The van der Waals surface area contributed by atoms with Crippen molar-refractivity contribution in [2.24, 2.45) is 0 Å². The second-order valence-electron chi connectivity index (χ2n) is 2.96. The maximum Gasteiger partial charge on any atom is 0.147 e. The van der Waals surface area contributed by atoms with Crippen LogP contribution in [0.2, 0.25) is 0 Å². The molecule has 0 aromatic heterocycles. The van der Waals surface area contributed by atoms with Crippen molar-refractivity contribution in [3.8, 4) is 0 Å². The van der Waals surface area contributed by atoms with Crippen LogP contribution in [0.15, 0.2) is 18.2 Å². The van der Waals surface area contributed by atoms with Gasteiger partial charge in [-0.25, -0.2) is 0 Å². The summed E-state index contributed by atoms with van der Waals surface area (Å²) in [5.74, 6) is 0.132. The molecule has 0 saturated carbocycles. The van der Waals surface area contributed by atoms with E-state index < -0.39 is 0 Å². The van der Waals surface area contributed by atoms with Gasteiger partial charge in [0.2, 0.25) is 0 Å². The minimum atomic E-state index is -0.180. The van der Waals surface area contributed by atoms with Gasteiger partial charge in [-0.15, -0.1) is 0 Å². The third kappa shape index (κ3) is 3.03. The number of halogens is 3. The van der Waals surface area contributed by atoms with Gasteiger partial charge in [0.05, 0.1) is 4.83 Å². The predicted molar refractivity (Wildman–Crippen MR) is 74.1 cm³/mol. The monoisotopic (exact) mass is 430 g/mol. The van der Waals surface area contributed by atoms with E-state index in [1.807, 2.05) is 18.2 Å². The fraction of sp³-hybridized carbons (Fsp3) is 0.300. The fourth-order valence-corrected chi connectivity index (χ4v) is 3.09. The maximum absolute atomic E-state index is 11.2. The summed E-state index contributed by atoms with van der Waals surface area (Å²) in [5.41, 5.74) is 2.27. The van der Waals surface area contributed by atoms with Crippen molar-refractivity contribution in [3.05, 3.63) is 32.9 Å². The summed E-state index contributed by atoms with van der Waals surface area (Å²) in [6, 6.07) is 6.07. The van der Waals surface area contributed by atoms with Gasteiger partial charge in [0.15, 0.2) is 0 Å². The second-order valence-corrected chi connectivity index (χ2v) is 5.60. The molecule has 1 atom stereocenters. The van der Waals surface area contributed by atoms with Crippen molar-refractivity contribution >= 4 is 60.2 Å². The Morgan fingerprint density at radius 1 is 1.57 bits per heavy atom. The molecule has 0 aliphatic rings. The Labute approximate surface area is 114 Å². The average molecular weight is 432 g/mol. The number of Topliss-reactive ketones (excluding diaryl/α,β-unsaturated/α-hetero) is 1. The van der Waals surface area contributed by atoms with Gasteiger partial charge in [-0.1, -0.05) is 44.0 Å². The van der Waals surface area contributed by atoms with Gasteiger partial charge in [-0.05, 0) is 46.7 Å². The van der Waals surface area contributed by atoms with E-state index in [0.717, 1.165) is 10.9 Å². The lowest BCUT2D eigenvalue weighted by Gasteiger charge is -2.08. The highest BCUT2D eigenvalue weighted by Gasteiger charge is 2.13. The lowest BCUT2D eigenvalue weighted by molar-refractivity contribution is -0.116. The van der Waals surface area contributed by atoms with Crippen LogP contribution in [0.1, 0.15) is 22.9 Å². The number of ketones is 1. The molecule has 0 heterocycles. The molecule has 4 heteroatoms. The number of hydrogen-bond acceptors (Lipinski definition) is 1. The Morgan fingerprint density at radius 2 is 2.21 bits per heavy atom. The Hall–Kier alpha value is 0.580. The first kappa shape index (κ1) is 12.6. The molecule has 0 aliphatic heterocycles. The van der Waals surface area contributed by atoms with Crippen LogP contribution >= 0.6 is 54.5 Å². The van der Waals surface area contributed by atoms with Crippen molar-refractivity contribution in [1.82, 2.24) is 0 Å². The molecule has 1 unspecified atom stereocenters. The maximum atomic E-state index is 11.2. The molecule has 1 nitrogen and oxygen atoms in total. The highest BCUT2D eigenvalue weighted by molar-refractivity contribution is 14.1. The normalized spacial score (nSPS) is 12.6. The van der Waals surface area contributed by atoms with E-state index in [4.69, 9.17) is 0 Å². The Morgan fingerprint density at radius 3 is 2.64 bits per heavy atom. The Bertz CT molecular complexity index is 352. The van der Waals surface area contributed by atoms with Gasteiger partial charge >= 0.3 is 0 Å².